The summed E-state index contributed by atoms with van der Waals surface area (Å²) >= 11 is 0. The van der Waals surface area contributed by atoms with E-state index in [0.29, 0.717) is 23.7 Å². The number of benzene rings is 2. The molecule has 1 aliphatic rings. The zero-order valence-electron chi connectivity index (χ0n) is 14.1. The smallest absolute Gasteiger partial charge is 0.321 e. The number of amides is 2. The number of rotatable bonds is 4. The molecule has 132 valence electrons. The average molecular weight is 344 g/mol. The van der Waals surface area contributed by atoms with Crippen molar-refractivity contribution in [2.45, 2.75) is 18.9 Å². The van der Waals surface area contributed by atoms with Gasteiger partial charge in [-0.15, -0.1) is 0 Å². The lowest BCUT2D eigenvalue weighted by Gasteiger charge is -2.31. The van der Waals surface area contributed by atoms with Gasteiger partial charge in [-0.2, -0.15) is 0 Å². The Morgan fingerprint density at radius 1 is 1.12 bits per heavy atom. The first-order valence-electron chi connectivity index (χ1n) is 8.26. The van der Waals surface area contributed by atoms with Crippen LogP contribution in [0.1, 0.15) is 12.8 Å². The Bertz CT molecular complexity index is 704. The van der Waals surface area contributed by atoms with E-state index in [4.69, 9.17) is 9.47 Å². The molecule has 1 N–H and O–H groups in total. The summed E-state index contributed by atoms with van der Waals surface area (Å²) in [5, 5.41) is 2.88. The average Bonchev–Trinajstić information content (AvgIpc) is 2.65. The number of halogens is 1. The van der Waals surface area contributed by atoms with E-state index in [1.54, 1.807) is 48.4 Å². The maximum Gasteiger partial charge on any atom is 0.321 e. The summed E-state index contributed by atoms with van der Waals surface area (Å²) in [4.78, 5) is 14.1. The number of hydrogen-bond donors (Lipinski definition) is 1. The van der Waals surface area contributed by atoms with Crippen molar-refractivity contribution in [3.8, 4) is 11.5 Å². The minimum Gasteiger partial charge on any atom is -0.457 e. The SMILES string of the molecule is COC1CCCN(C(=O)Nc2ccc(Oc3ccc(F)cc3)cc2)C1. The standard InChI is InChI=1S/C19H21FN2O3/c1-24-18-3-2-12-22(13-18)19(23)21-15-6-10-17(11-7-15)25-16-8-4-14(20)5-9-16/h4-11,18H,2-3,12-13H2,1H3,(H,21,23). The van der Waals surface area contributed by atoms with Crippen molar-refractivity contribution in [2.24, 2.45) is 0 Å². The highest BCUT2D eigenvalue weighted by Gasteiger charge is 2.23. The number of likely N-dealkylation sites (tertiary alicyclic amines) is 1. The molecule has 3 rings (SSSR count). The van der Waals surface area contributed by atoms with Crippen molar-refractivity contribution in [3.05, 3.63) is 54.3 Å². The Morgan fingerprint density at radius 2 is 1.76 bits per heavy atom. The van der Waals surface area contributed by atoms with E-state index in [1.165, 1.54) is 12.1 Å². The first-order chi connectivity index (χ1) is 12.1. The van der Waals surface area contributed by atoms with Crippen LogP contribution in [0.5, 0.6) is 11.5 Å². The van der Waals surface area contributed by atoms with Crippen LogP contribution in [0.4, 0.5) is 14.9 Å². The van der Waals surface area contributed by atoms with Gasteiger partial charge in [-0.1, -0.05) is 0 Å². The van der Waals surface area contributed by atoms with Gasteiger partial charge in [0.25, 0.3) is 0 Å². The maximum atomic E-state index is 12.9. The van der Waals surface area contributed by atoms with E-state index in [9.17, 15) is 9.18 Å². The molecule has 1 saturated heterocycles. The first-order valence-corrected chi connectivity index (χ1v) is 8.26. The predicted molar refractivity (Wildman–Crippen MR) is 93.5 cm³/mol. The van der Waals surface area contributed by atoms with Crippen molar-refractivity contribution in [2.75, 3.05) is 25.5 Å². The fraction of sp³-hybridized carbons (Fsp3) is 0.316. The fourth-order valence-electron chi connectivity index (χ4n) is 2.76. The number of carbonyl (C=O) groups excluding carboxylic acids is 1. The molecule has 6 heteroatoms. The summed E-state index contributed by atoms with van der Waals surface area (Å²) in [6, 6.07) is 12.7. The molecule has 1 aliphatic heterocycles. The Morgan fingerprint density at radius 3 is 2.40 bits per heavy atom. The molecule has 1 heterocycles. The van der Waals surface area contributed by atoms with Gasteiger partial charge in [0, 0.05) is 25.9 Å². The first kappa shape index (κ1) is 17.2. The topological polar surface area (TPSA) is 50.8 Å². The highest BCUT2D eigenvalue weighted by molar-refractivity contribution is 5.89. The second-order valence-electron chi connectivity index (χ2n) is 5.96. The fourth-order valence-corrected chi connectivity index (χ4v) is 2.76. The summed E-state index contributed by atoms with van der Waals surface area (Å²) in [5.74, 6) is 0.859. The summed E-state index contributed by atoms with van der Waals surface area (Å²) < 4.78 is 23.9. The molecular weight excluding hydrogens is 323 g/mol. The summed E-state index contributed by atoms with van der Waals surface area (Å²) in [6.07, 6.45) is 2.03. The summed E-state index contributed by atoms with van der Waals surface area (Å²) in [7, 11) is 1.67. The number of hydrogen-bond acceptors (Lipinski definition) is 3. The zero-order chi connectivity index (χ0) is 17.6. The van der Waals surface area contributed by atoms with E-state index in [-0.39, 0.29) is 18.0 Å². The number of carbonyl (C=O) groups is 1. The molecule has 2 amide bonds. The molecule has 0 aromatic heterocycles. The van der Waals surface area contributed by atoms with Crippen LogP contribution in [0, 0.1) is 5.82 Å². The molecule has 1 fully saturated rings. The van der Waals surface area contributed by atoms with E-state index < -0.39 is 0 Å². The number of nitrogens with zero attached hydrogens (tertiary/aromatic N) is 1. The number of ether oxygens (including phenoxy) is 2. The van der Waals surface area contributed by atoms with Gasteiger partial charge < -0.3 is 19.7 Å². The molecule has 1 atom stereocenters. The van der Waals surface area contributed by atoms with Crippen LogP contribution in [0.3, 0.4) is 0 Å². The van der Waals surface area contributed by atoms with Crippen LogP contribution in [-0.2, 0) is 4.74 Å². The minimum absolute atomic E-state index is 0.103. The molecule has 0 saturated carbocycles. The van der Waals surface area contributed by atoms with Crippen LogP contribution in [0.2, 0.25) is 0 Å². The highest BCUT2D eigenvalue weighted by atomic mass is 19.1. The van der Waals surface area contributed by atoms with Crippen molar-refractivity contribution < 1.29 is 18.7 Å². The lowest BCUT2D eigenvalue weighted by atomic mass is 10.1. The molecule has 0 radical (unpaired) electrons. The molecule has 5 nitrogen and oxygen atoms in total. The number of nitrogens with one attached hydrogen (secondary N) is 1. The van der Waals surface area contributed by atoms with Crippen LogP contribution >= 0.6 is 0 Å². The number of piperidine rings is 1. The molecule has 0 bridgehead atoms. The Balaban J connectivity index is 1.56. The van der Waals surface area contributed by atoms with Gasteiger partial charge in [0.1, 0.15) is 17.3 Å². The molecule has 0 aliphatic carbocycles. The molecule has 2 aromatic carbocycles. The quantitative estimate of drug-likeness (QED) is 0.901. The zero-order valence-corrected chi connectivity index (χ0v) is 14.1. The molecule has 25 heavy (non-hydrogen) atoms. The van der Waals surface area contributed by atoms with Gasteiger partial charge in [-0.05, 0) is 61.4 Å². The van der Waals surface area contributed by atoms with Gasteiger partial charge in [0.15, 0.2) is 0 Å². The third-order valence-electron chi connectivity index (χ3n) is 4.15. The summed E-state index contributed by atoms with van der Waals surface area (Å²) in [6.45, 7) is 1.34. The Kier molecular flexibility index (Phi) is 5.50. The van der Waals surface area contributed by atoms with E-state index in [1.807, 2.05) is 0 Å². The number of methoxy groups -OCH3 is 1. The van der Waals surface area contributed by atoms with Crippen molar-refractivity contribution in [3.63, 3.8) is 0 Å². The normalized spacial score (nSPS) is 17.2. The monoisotopic (exact) mass is 344 g/mol. The third-order valence-corrected chi connectivity index (χ3v) is 4.15. The van der Waals surface area contributed by atoms with Crippen LogP contribution in [-0.4, -0.2) is 37.2 Å². The van der Waals surface area contributed by atoms with Gasteiger partial charge in [0.2, 0.25) is 0 Å². The number of anilines is 1. The second kappa shape index (κ2) is 7.98. The van der Waals surface area contributed by atoms with E-state index in [0.717, 1.165) is 19.4 Å². The Hall–Kier alpha value is -2.60. The Labute approximate surface area is 146 Å². The summed E-state index contributed by atoms with van der Waals surface area (Å²) in [5.41, 5.74) is 0.691. The van der Waals surface area contributed by atoms with Crippen molar-refractivity contribution in [1.82, 2.24) is 4.90 Å². The highest BCUT2D eigenvalue weighted by Crippen LogP contribution is 2.23. The van der Waals surface area contributed by atoms with Crippen molar-refractivity contribution >= 4 is 11.7 Å². The van der Waals surface area contributed by atoms with Crippen LogP contribution in [0.15, 0.2) is 48.5 Å². The molecule has 1 unspecified atom stereocenters. The largest absolute Gasteiger partial charge is 0.457 e. The molecule has 2 aromatic rings. The minimum atomic E-state index is -0.307. The number of urea groups is 1. The van der Waals surface area contributed by atoms with E-state index in [2.05, 4.69) is 5.32 Å². The van der Waals surface area contributed by atoms with Crippen molar-refractivity contribution in [1.29, 1.82) is 0 Å². The van der Waals surface area contributed by atoms with Gasteiger partial charge in [-0.25, -0.2) is 9.18 Å². The van der Waals surface area contributed by atoms with Gasteiger partial charge in [-0.3, -0.25) is 0 Å². The van der Waals surface area contributed by atoms with E-state index >= 15 is 0 Å². The second-order valence-corrected chi connectivity index (χ2v) is 5.96. The van der Waals surface area contributed by atoms with Gasteiger partial charge >= 0.3 is 6.03 Å². The lowest BCUT2D eigenvalue weighted by Crippen LogP contribution is -2.44. The lowest BCUT2D eigenvalue weighted by molar-refractivity contribution is 0.0458. The van der Waals surface area contributed by atoms with Crippen LogP contribution < -0.4 is 10.1 Å². The maximum absolute atomic E-state index is 12.9. The van der Waals surface area contributed by atoms with Gasteiger partial charge in [0.05, 0.1) is 6.10 Å². The molecular formula is C19H21FN2O3. The third kappa shape index (κ3) is 4.70. The molecule has 0 spiro atoms. The van der Waals surface area contributed by atoms with Crippen LogP contribution in [0.25, 0.3) is 0 Å². The predicted octanol–water partition coefficient (Wildman–Crippen LogP) is 4.26.